The molecule has 1 fully saturated rings. The van der Waals surface area contributed by atoms with Gasteiger partial charge in [-0.3, -0.25) is 0 Å². The number of benzene rings is 1. The molecule has 1 saturated heterocycles. The van der Waals surface area contributed by atoms with Crippen molar-refractivity contribution >= 4 is 21.6 Å². The van der Waals surface area contributed by atoms with E-state index in [-0.39, 0.29) is 0 Å². The van der Waals surface area contributed by atoms with Crippen LogP contribution >= 0.6 is 11.6 Å². The zero-order valence-corrected chi connectivity index (χ0v) is 14.2. The maximum atomic E-state index is 12.7. The van der Waals surface area contributed by atoms with Crippen LogP contribution in [0.5, 0.6) is 0 Å². The normalized spacial score (nSPS) is 18.0. The summed E-state index contributed by atoms with van der Waals surface area (Å²) >= 11 is 5.95. The van der Waals surface area contributed by atoms with Gasteiger partial charge in [0.1, 0.15) is 0 Å². The van der Waals surface area contributed by atoms with Gasteiger partial charge in [0.2, 0.25) is 10.0 Å². The maximum absolute atomic E-state index is 12.7. The minimum absolute atomic E-state index is 0.333. The van der Waals surface area contributed by atoms with E-state index in [1.54, 1.807) is 29.4 Å². The fourth-order valence-electron chi connectivity index (χ4n) is 2.69. The number of nitrogens with one attached hydrogen (secondary N) is 1. The SMILES string of the molecule is CCNCC1CCN(S(=O)(=O)c2cc(Cl)ccc2C)CC1. The second-order valence-corrected chi connectivity index (χ2v) is 7.91. The zero-order valence-electron chi connectivity index (χ0n) is 12.6. The van der Waals surface area contributed by atoms with E-state index >= 15 is 0 Å². The fraction of sp³-hybridized carbons (Fsp3) is 0.600. The first-order valence-electron chi connectivity index (χ1n) is 7.42. The smallest absolute Gasteiger partial charge is 0.243 e. The van der Waals surface area contributed by atoms with Crippen LogP contribution in [-0.4, -0.2) is 38.9 Å². The Morgan fingerprint density at radius 3 is 2.62 bits per heavy atom. The molecule has 1 aliphatic heterocycles. The average Bonchev–Trinajstić information content (AvgIpc) is 2.48. The summed E-state index contributed by atoms with van der Waals surface area (Å²) in [5.74, 6) is 0.567. The third kappa shape index (κ3) is 3.97. The summed E-state index contributed by atoms with van der Waals surface area (Å²) in [6, 6.07) is 5.03. The Hall–Kier alpha value is -0.620. The van der Waals surface area contributed by atoms with Crippen molar-refractivity contribution in [1.82, 2.24) is 9.62 Å². The van der Waals surface area contributed by atoms with Gasteiger partial charge in [0.15, 0.2) is 0 Å². The summed E-state index contributed by atoms with van der Waals surface area (Å²) in [5, 5.41) is 3.79. The molecular weight excluding hydrogens is 308 g/mol. The lowest BCUT2D eigenvalue weighted by molar-refractivity contribution is 0.268. The summed E-state index contributed by atoms with van der Waals surface area (Å²) in [6.45, 7) is 7.00. The first-order chi connectivity index (χ1) is 9.95. The third-order valence-corrected chi connectivity index (χ3v) is 6.30. The molecule has 4 nitrogen and oxygen atoms in total. The summed E-state index contributed by atoms with van der Waals surface area (Å²) < 4.78 is 27.1. The van der Waals surface area contributed by atoms with E-state index in [2.05, 4.69) is 12.2 Å². The second-order valence-electron chi connectivity index (χ2n) is 5.56. The molecule has 0 unspecified atom stereocenters. The molecule has 21 heavy (non-hydrogen) atoms. The molecule has 0 atom stereocenters. The Bertz CT molecular complexity index is 581. The summed E-state index contributed by atoms with van der Waals surface area (Å²) in [4.78, 5) is 0.333. The number of aryl methyl sites for hydroxylation is 1. The lowest BCUT2D eigenvalue weighted by atomic mass is 9.98. The molecule has 1 aliphatic rings. The lowest BCUT2D eigenvalue weighted by Crippen LogP contribution is -2.40. The first-order valence-corrected chi connectivity index (χ1v) is 9.24. The molecule has 0 radical (unpaired) electrons. The van der Waals surface area contributed by atoms with Crippen LogP contribution in [0.1, 0.15) is 25.3 Å². The molecule has 1 N–H and O–H groups in total. The highest BCUT2D eigenvalue weighted by atomic mass is 35.5. The number of hydrogen-bond acceptors (Lipinski definition) is 3. The van der Waals surface area contributed by atoms with E-state index in [1.807, 2.05) is 0 Å². The van der Waals surface area contributed by atoms with Crippen LogP contribution in [-0.2, 0) is 10.0 Å². The van der Waals surface area contributed by atoms with Gasteiger partial charge in [-0.1, -0.05) is 24.6 Å². The van der Waals surface area contributed by atoms with Crippen LogP contribution in [0.4, 0.5) is 0 Å². The maximum Gasteiger partial charge on any atom is 0.243 e. The number of halogens is 1. The molecule has 1 aromatic rings. The number of piperidine rings is 1. The molecule has 1 aromatic carbocycles. The summed E-state index contributed by atoms with van der Waals surface area (Å²) in [7, 11) is -3.43. The fourth-order valence-corrected chi connectivity index (χ4v) is 4.65. The number of hydrogen-bond donors (Lipinski definition) is 1. The molecule has 0 amide bonds. The van der Waals surface area contributed by atoms with E-state index in [1.165, 1.54) is 0 Å². The van der Waals surface area contributed by atoms with Crippen LogP contribution in [0.25, 0.3) is 0 Å². The van der Waals surface area contributed by atoms with Gasteiger partial charge in [-0.05, 0) is 56.5 Å². The van der Waals surface area contributed by atoms with Crippen LogP contribution in [0.2, 0.25) is 5.02 Å². The van der Waals surface area contributed by atoms with Crippen molar-refractivity contribution < 1.29 is 8.42 Å². The van der Waals surface area contributed by atoms with Crippen LogP contribution in [0.3, 0.4) is 0 Å². The molecular formula is C15H23ClN2O2S. The summed E-state index contributed by atoms with van der Waals surface area (Å²) in [6.07, 6.45) is 1.82. The van der Waals surface area contributed by atoms with Crippen LogP contribution in [0, 0.1) is 12.8 Å². The van der Waals surface area contributed by atoms with Crippen molar-refractivity contribution in [2.24, 2.45) is 5.92 Å². The number of nitrogens with zero attached hydrogens (tertiary/aromatic N) is 1. The van der Waals surface area contributed by atoms with E-state index in [0.717, 1.165) is 31.5 Å². The van der Waals surface area contributed by atoms with E-state index < -0.39 is 10.0 Å². The Morgan fingerprint density at radius 2 is 2.00 bits per heavy atom. The Balaban J connectivity index is 2.10. The molecule has 0 saturated carbocycles. The largest absolute Gasteiger partial charge is 0.317 e. The van der Waals surface area contributed by atoms with Gasteiger partial charge < -0.3 is 5.32 Å². The highest BCUT2D eigenvalue weighted by molar-refractivity contribution is 7.89. The minimum Gasteiger partial charge on any atom is -0.317 e. The zero-order chi connectivity index (χ0) is 15.5. The van der Waals surface area contributed by atoms with Crippen molar-refractivity contribution in [2.75, 3.05) is 26.2 Å². The van der Waals surface area contributed by atoms with Crippen molar-refractivity contribution in [3.63, 3.8) is 0 Å². The molecule has 1 heterocycles. The molecule has 0 aromatic heterocycles. The second kappa shape index (κ2) is 7.09. The van der Waals surface area contributed by atoms with Gasteiger partial charge >= 0.3 is 0 Å². The minimum atomic E-state index is -3.43. The Labute approximate surface area is 132 Å². The lowest BCUT2D eigenvalue weighted by Gasteiger charge is -2.31. The number of rotatable bonds is 5. The monoisotopic (exact) mass is 330 g/mol. The van der Waals surface area contributed by atoms with Gasteiger partial charge in [0, 0.05) is 18.1 Å². The highest BCUT2D eigenvalue weighted by Gasteiger charge is 2.30. The first kappa shape index (κ1) is 16.7. The molecule has 0 spiro atoms. The van der Waals surface area contributed by atoms with Crippen molar-refractivity contribution in [3.05, 3.63) is 28.8 Å². The predicted molar refractivity (Wildman–Crippen MR) is 86.2 cm³/mol. The quantitative estimate of drug-likeness (QED) is 0.903. The van der Waals surface area contributed by atoms with Crippen molar-refractivity contribution in [3.8, 4) is 0 Å². The molecule has 0 bridgehead atoms. The predicted octanol–water partition coefficient (Wildman–Crippen LogP) is 2.66. The van der Waals surface area contributed by atoms with Gasteiger partial charge in [-0.15, -0.1) is 0 Å². The summed E-state index contributed by atoms with van der Waals surface area (Å²) in [5.41, 5.74) is 0.745. The Morgan fingerprint density at radius 1 is 1.33 bits per heavy atom. The van der Waals surface area contributed by atoms with Crippen LogP contribution in [0.15, 0.2) is 23.1 Å². The van der Waals surface area contributed by atoms with E-state index in [9.17, 15) is 8.42 Å². The van der Waals surface area contributed by atoms with E-state index in [0.29, 0.717) is 28.9 Å². The van der Waals surface area contributed by atoms with Gasteiger partial charge in [-0.25, -0.2) is 8.42 Å². The highest BCUT2D eigenvalue weighted by Crippen LogP contribution is 2.27. The third-order valence-electron chi connectivity index (χ3n) is 4.02. The molecule has 118 valence electrons. The molecule has 0 aliphatic carbocycles. The van der Waals surface area contributed by atoms with Gasteiger partial charge in [-0.2, -0.15) is 4.31 Å². The van der Waals surface area contributed by atoms with Crippen LogP contribution < -0.4 is 5.32 Å². The van der Waals surface area contributed by atoms with Crippen molar-refractivity contribution in [2.45, 2.75) is 31.6 Å². The van der Waals surface area contributed by atoms with E-state index in [4.69, 9.17) is 11.6 Å². The average molecular weight is 331 g/mol. The van der Waals surface area contributed by atoms with Crippen molar-refractivity contribution in [1.29, 1.82) is 0 Å². The Kier molecular flexibility index (Phi) is 5.66. The molecule has 6 heteroatoms. The topological polar surface area (TPSA) is 49.4 Å². The standard InChI is InChI=1S/C15H23ClN2O2S/c1-3-17-11-13-6-8-18(9-7-13)21(19,20)15-10-14(16)5-4-12(15)2/h4-5,10,13,17H,3,6-9,11H2,1-2H3. The number of sulfonamides is 1. The van der Waals surface area contributed by atoms with Gasteiger partial charge in [0.25, 0.3) is 0 Å². The van der Waals surface area contributed by atoms with Gasteiger partial charge in [0.05, 0.1) is 4.90 Å². The molecule has 2 rings (SSSR count).